The van der Waals surface area contributed by atoms with Crippen LogP contribution in [0, 0.1) is 0 Å². The third-order valence-corrected chi connectivity index (χ3v) is 4.58. The molecule has 1 amide bonds. The molecule has 2 aromatic rings. The van der Waals surface area contributed by atoms with Crippen molar-refractivity contribution in [1.82, 2.24) is 5.32 Å². The van der Waals surface area contributed by atoms with E-state index >= 15 is 0 Å². The molecule has 138 valence electrons. The number of hydrogen-bond donors (Lipinski definition) is 1. The van der Waals surface area contributed by atoms with E-state index < -0.39 is 0 Å². The molecule has 0 saturated carbocycles. The van der Waals surface area contributed by atoms with Crippen molar-refractivity contribution in [2.75, 3.05) is 31.8 Å². The minimum Gasteiger partial charge on any atom is -0.489 e. The number of anilines is 1. The Balaban J connectivity index is 1.79. The number of carbonyl (C=O) groups is 1. The number of ether oxygens (including phenoxy) is 2. The molecule has 0 saturated heterocycles. The summed E-state index contributed by atoms with van der Waals surface area (Å²) in [6.07, 6.45) is 0.350. The van der Waals surface area contributed by atoms with E-state index in [2.05, 4.69) is 22.3 Å². The smallest absolute Gasteiger partial charge is 0.222 e. The molecule has 0 spiro atoms. The number of hydrogen-bond acceptors (Lipinski definition) is 4. The molecule has 0 aliphatic carbocycles. The first-order chi connectivity index (χ1) is 12.7. The SMILES string of the molecule is COCCNC(=O)C[C@H]1COc2ccc(Cl)cc2N1Cc1ccccc1. The van der Waals surface area contributed by atoms with Gasteiger partial charge in [-0.2, -0.15) is 0 Å². The predicted molar refractivity (Wildman–Crippen MR) is 103 cm³/mol. The van der Waals surface area contributed by atoms with Gasteiger partial charge < -0.3 is 19.7 Å². The Hall–Kier alpha value is -2.24. The summed E-state index contributed by atoms with van der Waals surface area (Å²) in [5.41, 5.74) is 2.09. The number of methoxy groups -OCH3 is 1. The van der Waals surface area contributed by atoms with E-state index in [9.17, 15) is 4.79 Å². The Morgan fingerprint density at radius 2 is 2.12 bits per heavy atom. The molecule has 2 aromatic carbocycles. The average Bonchev–Trinajstić information content (AvgIpc) is 2.65. The number of fused-ring (bicyclic) bond motifs is 1. The first-order valence-corrected chi connectivity index (χ1v) is 9.03. The molecule has 0 fully saturated rings. The minimum atomic E-state index is -0.0660. The van der Waals surface area contributed by atoms with Gasteiger partial charge in [0.2, 0.25) is 5.91 Å². The van der Waals surface area contributed by atoms with Crippen LogP contribution in [-0.2, 0) is 16.1 Å². The van der Waals surface area contributed by atoms with Crippen molar-refractivity contribution in [3.63, 3.8) is 0 Å². The third kappa shape index (κ3) is 4.68. The van der Waals surface area contributed by atoms with Crippen LogP contribution in [0.4, 0.5) is 5.69 Å². The van der Waals surface area contributed by atoms with Crippen LogP contribution in [0.3, 0.4) is 0 Å². The van der Waals surface area contributed by atoms with Gasteiger partial charge in [-0.25, -0.2) is 0 Å². The number of carbonyl (C=O) groups excluding carboxylic acids is 1. The molecule has 1 aliphatic heterocycles. The molecule has 0 bridgehead atoms. The molecule has 1 atom stereocenters. The maximum atomic E-state index is 12.3. The molecular weight excluding hydrogens is 352 g/mol. The zero-order valence-corrected chi connectivity index (χ0v) is 15.5. The lowest BCUT2D eigenvalue weighted by molar-refractivity contribution is -0.121. The number of nitrogens with zero attached hydrogens (tertiary/aromatic N) is 1. The van der Waals surface area contributed by atoms with Gasteiger partial charge in [-0.05, 0) is 23.8 Å². The summed E-state index contributed by atoms with van der Waals surface area (Å²) >= 11 is 6.21. The second-order valence-electron chi connectivity index (χ2n) is 6.24. The van der Waals surface area contributed by atoms with Crippen molar-refractivity contribution in [3.05, 3.63) is 59.1 Å². The second kappa shape index (κ2) is 8.92. The number of halogens is 1. The van der Waals surface area contributed by atoms with Gasteiger partial charge in [-0.1, -0.05) is 41.9 Å². The summed E-state index contributed by atoms with van der Waals surface area (Å²) in [5, 5.41) is 3.53. The van der Waals surface area contributed by atoms with E-state index in [1.165, 1.54) is 5.56 Å². The average molecular weight is 375 g/mol. The monoisotopic (exact) mass is 374 g/mol. The zero-order chi connectivity index (χ0) is 18.4. The van der Waals surface area contributed by atoms with Gasteiger partial charge in [-0.3, -0.25) is 4.79 Å². The van der Waals surface area contributed by atoms with E-state index in [4.69, 9.17) is 21.1 Å². The summed E-state index contributed by atoms with van der Waals surface area (Å²) < 4.78 is 10.9. The fourth-order valence-corrected chi connectivity index (χ4v) is 3.22. The van der Waals surface area contributed by atoms with E-state index in [0.717, 1.165) is 11.4 Å². The Bertz CT molecular complexity index is 739. The van der Waals surface area contributed by atoms with E-state index in [1.54, 1.807) is 7.11 Å². The van der Waals surface area contributed by atoms with E-state index in [0.29, 0.717) is 37.7 Å². The third-order valence-electron chi connectivity index (χ3n) is 4.35. The molecule has 5 nitrogen and oxygen atoms in total. The quantitative estimate of drug-likeness (QED) is 0.756. The summed E-state index contributed by atoms with van der Waals surface area (Å²) in [4.78, 5) is 14.5. The molecule has 3 rings (SSSR count). The normalized spacial score (nSPS) is 15.9. The van der Waals surface area contributed by atoms with Crippen LogP contribution < -0.4 is 15.0 Å². The molecule has 0 radical (unpaired) electrons. The highest BCUT2D eigenvalue weighted by molar-refractivity contribution is 6.31. The van der Waals surface area contributed by atoms with Crippen LogP contribution in [-0.4, -0.2) is 38.8 Å². The topological polar surface area (TPSA) is 50.8 Å². The van der Waals surface area contributed by atoms with Crippen LogP contribution in [0.1, 0.15) is 12.0 Å². The van der Waals surface area contributed by atoms with Crippen molar-refractivity contribution < 1.29 is 14.3 Å². The molecule has 6 heteroatoms. The summed E-state index contributed by atoms with van der Waals surface area (Å²) in [5.74, 6) is 0.778. The van der Waals surface area contributed by atoms with Crippen molar-refractivity contribution >= 4 is 23.2 Å². The standard InChI is InChI=1S/C20H23ClN2O3/c1-25-10-9-22-20(24)12-17-14-26-19-8-7-16(21)11-18(19)23(17)13-15-5-3-2-4-6-15/h2-8,11,17H,9-10,12-14H2,1H3,(H,22,24)/t17-/m0/s1. The van der Waals surface area contributed by atoms with Gasteiger partial charge in [0.25, 0.3) is 0 Å². The van der Waals surface area contributed by atoms with Crippen LogP contribution in [0.2, 0.25) is 5.02 Å². The van der Waals surface area contributed by atoms with Crippen LogP contribution >= 0.6 is 11.6 Å². The number of amides is 1. The van der Waals surface area contributed by atoms with E-state index in [-0.39, 0.29) is 11.9 Å². The van der Waals surface area contributed by atoms with Gasteiger partial charge in [0.1, 0.15) is 12.4 Å². The van der Waals surface area contributed by atoms with Gasteiger partial charge >= 0.3 is 0 Å². The molecule has 26 heavy (non-hydrogen) atoms. The van der Waals surface area contributed by atoms with Gasteiger partial charge in [-0.15, -0.1) is 0 Å². The Kier molecular flexibility index (Phi) is 6.36. The second-order valence-corrected chi connectivity index (χ2v) is 6.67. The van der Waals surface area contributed by atoms with Gasteiger partial charge in [0.05, 0.1) is 24.8 Å². The van der Waals surface area contributed by atoms with Crippen molar-refractivity contribution in [3.8, 4) is 5.75 Å². The first-order valence-electron chi connectivity index (χ1n) is 8.66. The number of nitrogens with one attached hydrogen (secondary N) is 1. The Labute approximate surface area is 158 Å². The zero-order valence-electron chi connectivity index (χ0n) is 14.8. The van der Waals surface area contributed by atoms with E-state index in [1.807, 2.05) is 36.4 Å². The van der Waals surface area contributed by atoms with Crippen LogP contribution in [0.25, 0.3) is 0 Å². The predicted octanol–water partition coefficient (Wildman–Crippen LogP) is 3.26. The first kappa shape index (κ1) is 18.5. The van der Waals surface area contributed by atoms with Crippen molar-refractivity contribution in [2.24, 2.45) is 0 Å². The maximum Gasteiger partial charge on any atom is 0.222 e. The van der Waals surface area contributed by atoms with Gasteiger partial charge in [0, 0.05) is 25.2 Å². The Morgan fingerprint density at radius 3 is 2.88 bits per heavy atom. The van der Waals surface area contributed by atoms with Gasteiger partial charge in [0.15, 0.2) is 0 Å². The fourth-order valence-electron chi connectivity index (χ4n) is 3.05. The lowest BCUT2D eigenvalue weighted by Crippen LogP contribution is -2.45. The fraction of sp³-hybridized carbons (Fsp3) is 0.350. The van der Waals surface area contributed by atoms with Crippen LogP contribution in [0.15, 0.2) is 48.5 Å². The summed E-state index contributed by atoms with van der Waals surface area (Å²) in [7, 11) is 1.61. The lowest BCUT2D eigenvalue weighted by atomic mass is 10.1. The summed E-state index contributed by atoms with van der Waals surface area (Å²) in [6, 6.07) is 15.7. The highest BCUT2D eigenvalue weighted by Gasteiger charge is 2.29. The minimum absolute atomic E-state index is 0.0146. The lowest BCUT2D eigenvalue weighted by Gasteiger charge is -2.38. The van der Waals surface area contributed by atoms with Crippen LogP contribution in [0.5, 0.6) is 5.75 Å². The molecule has 0 unspecified atom stereocenters. The highest BCUT2D eigenvalue weighted by Crippen LogP contribution is 2.37. The largest absolute Gasteiger partial charge is 0.489 e. The molecular formula is C20H23ClN2O3. The van der Waals surface area contributed by atoms with Crippen molar-refractivity contribution in [1.29, 1.82) is 0 Å². The molecule has 1 N–H and O–H groups in total. The molecule has 0 aromatic heterocycles. The highest BCUT2D eigenvalue weighted by atomic mass is 35.5. The summed E-state index contributed by atoms with van der Waals surface area (Å²) in [6.45, 7) is 2.15. The maximum absolute atomic E-state index is 12.3. The molecule has 1 heterocycles. The number of benzene rings is 2. The molecule has 1 aliphatic rings. The van der Waals surface area contributed by atoms with Crippen molar-refractivity contribution in [2.45, 2.75) is 19.0 Å². The Morgan fingerprint density at radius 1 is 1.31 bits per heavy atom. The number of rotatable bonds is 7.